The molecule has 1 fully saturated rings. The topological polar surface area (TPSA) is 119 Å². The Hall–Kier alpha value is -3.44. The lowest BCUT2D eigenvalue weighted by Gasteiger charge is -2.33. The number of ketones is 1. The molecule has 11 nitrogen and oxygen atoms in total. The van der Waals surface area contributed by atoms with Crippen LogP contribution in [-0.2, 0) is 16.7 Å². The Balaban J connectivity index is 1.77. The minimum absolute atomic E-state index is 0.0158. The lowest BCUT2D eigenvalue weighted by atomic mass is 9.84. The Morgan fingerprint density at radius 3 is 2.44 bits per heavy atom. The van der Waals surface area contributed by atoms with Crippen LogP contribution >= 0.6 is 11.6 Å². The average molecular weight is 559 g/mol. The van der Waals surface area contributed by atoms with E-state index in [9.17, 15) is 9.59 Å². The molecule has 39 heavy (non-hydrogen) atoms. The van der Waals surface area contributed by atoms with Gasteiger partial charge in [0.2, 0.25) is 5.78 Å². The molecule has 1 amide bonds. The molecule has 0 saturated carbocycles. The van der Waals surface area contributed by atoms with Crippen molar-refractivity contribution in [1.82, 2.24) is 19.6 Å². The lowest BCUT2D eigenvalue weighted by molar-refractivity contribution is -0.714. The molecule has 2 aromatic heterocycles. The summed E-state index contributed by atoms with van der Waals surface area (Å²) in [6, 6.07) is 5.34. The number of rotatable bonds is 8. The number of amides is 1. The second kappa shape index (κ2) is 11.4. The van der Waals surface area contributed by atoms with Crippen molar-refractivity contribution < 1.29 is 23.7 Å². The number of nitrogen functional groups attached to an aromatic ring is 1. The summed E-state index contributed by atoms with van der Waals surface area (Å²) in [6.07, 6.45) is 0. The van der Waals surface area contributed by atoms with Gasteiger partial charge in [-0.3, -0.25) is 9.59 Å². The molecule has 2 N–H and O–H groups in total. The number of nitrogens with two attached hydrogens (primary N) is 1. The number of Topliss-reactive ketones (excluding diaryl/α,β-unsaturated/α-hetero) is 1. The van der Waals surface area contributed by atoms with Crippen molar-refractivity contribution in [3.05, 3.63) is 40.0 Å². The fourth-order valence-electron chi connectivity index (χ4n) is 4.77. The fourth-order valence-corrected chi connectivity index (χ4v) is 4.98. The number of hydrogen-bond donors (Lipinski definition) is 1. The molecule has 0 bridgehead atoms. The number of methoxy groups -OCH3 is 1. The van der Waals surface area contributed by atoms with Crippen LogP contribution in [-0.4, -0.2) is 77.8 Å². The number of morpholine rings is 1. The molecule has 3 heterocycles. The number of anilines is 2. The summed E-state index contributed by atoms with van der Waals surface area (Å²) in [5.41, 5.74) is 8.75. The third-order valence-corrected chi connectivity index (χ3v) is 7.21. The Labute approximate surface area is 233 Å². The molecular weight excluding hydrogens is 522 g/mol. The van der Waals surface area contributed by atoms with Crippen LogP contribution in [0, 0.1) is 0 Å². The van der Waals surface area contributed by atoms with E-state index in [0.717, 1.165) is 17.0 Å². The molecule has 1 aromatic carbocycles. The summed E-state index contributed by atoms with van der Waals surface area (Å²) in [5, 5.41) is 8.63. The number of carbonyl (C=O) groups excluding carboxylic acids is 2. The summed E-state index contributed by atoms with van der Waals surface area (Å²) in [5.74, 6) is 0.386. The van der Waals surface area contributed by atoms with E-state index >= 15 is 0 Å². The largest absolute Gasteiger partial charge is 0.494 e. The van der Waals surface area contributed by atoms with Gasteiger partial charge in [0.25, 0.3) is 5.91 Å². The quantitative estimate of drug-likeness (QED) is 0.331. The minimum Gasteiger partial charge on any atom is -0.494 e. The summed E-state index contributed by atoms with van der Waals surface area (Å²) in [7, 11) is 1.65. The molecule has 210 valence electrons. The zero-order chi connectivity index (χ0) is 28.5. The highest BCUT2D eigenvalue weighted by molar-refractivity contribution is 6.32. The molecule has 1 aliphatic heterocycles. The number of fused-ring (bicyclic) bond motifs is 1. The molecule has 1 saturated heterocycles. The maximum absolute atomic E-state index is 13.8. The third kappa shape index (κ3) is 5.65. The van der Waals surface area contributed by atoms with Gasteiger partial charge in [0.1, 0.15) is 5.75 Å². The van der Waals surface area contributed by atoms with Gasteiger partial charge in [0.15, 0.2) is 11.7 Å². The van der Waals surface area contributed by atoms with Crippen LogP contribution in [0.5, 0.6) is 5.75 Å². The molecule has 0 aliphatic carbocycles. The van der Waals surface area contributed by atoms with E-state index in [2.05, 4.69) is 35.9 Å². The monoisotopic (exact) mass is 558 g/mol. The van der Waals surface area contributed by atoms with Gasteiger partial charge >= 0.3 is 11.6 Å². The van der Waals surface area contributed by atoms with Crippen LogP contribution in [0.4, 0.5) is 11.6 Å². The second-order valence-electron chi connectivity index (χ2n) is 10.5. The highest BCUT2D eigenvalue weighted by atomic mass is 35.5. The van der Waals surface area contributed by atoms with E-state index < -0.39 is 0 Å². The number of benzene rings is 1. The predicted octanol–water partition coefficient (Wildman–Crippen LogP) is 2.76. The smallest absolute Gasteiger partial charge is 0.355 e. The highest BCUT2D eigenvalue weighted by Gasteiger charge is 2.30. The third-order valence-electron chi connectivity index (χ3n) is 6.93. The van der Waals surface area contributed by atoms with Gasteiger partial charge in [0, 0.05) is 43.4 Å². The Morgan fingerprint density at radius 2 is 1.85 bits per heavy atom. The number of hydrogen-bond acceptors (Lipinski definition) is 8. The first-order valence-corrected chi connectivity index (χ1v) is 13.5. The Bertz CT molecular complexity index is 1390. The molecule has 1 aliphatic rings. The number of aromatic nitrogens is 4. The predicted molar refractivity (Wildman–Crippen MR) is 149 cm³/mol. The molecule has 0 atom stereocenters. The van der Waals surface area contributed by atoms with Gasteiger partial charge in [-0.15, -0.1) is 4.68 Å². The molecule has 0 radical (unpaired) electrons. The van der Waals surface area contributed by atoms with Crippen molar-refractivity contribution in [1.29, 1.82) is 0 Å². The van der Waals surface area contributed by atoms with Crippen molar-refractivity contribution in [2.24, 2.45) is 0 Å². The first-order valence-electron chi connectivity index (χ1n) is 13.1. The zero-order valence-electron chi connectivity index (χ0n) is 23.5. The number of carbonyl (C=O) groups is 2. The van der Waals surface area contributed by atoms with Crippen LogP contribution in [0.15, 0.2) is 18.2 Å². The van der Waals surface area contributed by atoms with E-state index in [1.165, 1.54) is 9.20 Å². The van der Waals surface area contributed by atoms with Gasteiger partial charge in [-0.1, -0.05) is 42.0 Å². The zero-order valence-corrected chi connectivity index (χ0v) is 24.2. The van der Waals surface area contributed by atoms with E-state index in [1.807, 2.05) is 26.0 Å². The summed E-state index contributed by atoms with van der Waals surface area (Å²) < 4.78 is 14.2. The van der Waals surface area contributed by atoms with Crippen molar-refractivity contribution in [2.45, 2.75) is 46.6 Å². The average Bonchev–Trinajstić information content (AvgIpc) is 3.21. The maximum atomic E-state index is 13.8. The van der Waals surface area contributed by atoms with Crippen molar-refractivity contribution >= 4 is 40.6 Å². The van der Waals surface area contributed by atoms with Gasteiger partial charge in [-0.05, 0) is 36.5 Å². The van der Waals surface area contributed by atoms with E-state index in [1.54, 1.807) is 18.1 Å². The SMILES string of the molecule is CCN(CC)C(=O)c1cc2n(nc1Cl)c(N)n[n+]2CC(=O)c1cc(N2CCOCC2)c(OC)c(C(C)(C)C)c1. The lowest BCUT2D eigenvalue weighted by Crippen LogP contribution is -2.41. The van der Waals surface area contributed by atoms with Gasteiger partial charge in [-0.25, -0.2) is 0 Å². The normalized spacial score (nSPS) is 14.1. The van der Waals surface area contributed by atoms with Gasteiger partial charge in [-0.2, -0.15) is 0 Å². The van der Waals surface area contributed by atoms with Crippen LogP contribution in [0.1, 0.15) is 60.9 Å². The molecule has 12 heteroatoms. The first-order chi connectivity index (χ1) is 18.5. The molecule has 0 unspecified atom stereocenters. The van der Waals surface area contributed by atoms with Crippen molar-refractivity contribution in [2.75, 3.05) is 57.1 Å². The van der Waals surface area contributed by atoms with E-state index in [0.29, 0.717) is 50.6 Å². The standard InChI is InChI=1S/C27H36ClN7O4/c1-7-32(8-2)25(37)18-15-22-34(31-26(29)35(22)30-24(18)28)16-21(36)17-13-19(27(3,4)5)23(38-6)20(14-17)33-9-11-39-12-10-33/h13-15H,7-12,16H2,1-6H3,(H-,29,30,31,37)/p+1. The first kappa shape index (κ1) is 28.6. The van der Waals surface area contributed by atoms with Gasteiger partial charge in [0.05, 0.1) is 31.6 Å². The van der Waals surface area contributed by atoms with E-state index in [4.69, 9.17) is 26.8 Å². The molecule has 0 spiro atoms. The summed E-state index contributed by atoms with van der Waals surface area (Å²) in [4.78, 5) is 30.6. The maximum Gasteiger partial charge on any atom is 0.355 e. The Kier molecular flexibility index (Phi) is 8.31. The van der Waals surface area contributed by atoms with Crippen molar-refractivity contribution in [3.63, 3.8) is 0 Å². The second-order valence-corrected chi connectivity index (χ2v) is 10.8. The highest BCUT2D eigenvalue weighted by Crippen LogP contribution is 2.40. The fraction of sp³-hybridized carbons (Fsp3) is 0.519. The van der Waals surface area contributed by atoms with Crippen LogP contribution < -0.4 is 20.1 Å². The van der Waals surface area contributed by atoms with Crippen LogP contribution in [0.3, 0.4) is 0 Å². The number of ether oxygens (including phenoxy) is 2. The number of nitrogens with zero attached hydrogens (tertiary/aromatic N) is 6. The summed E-state index contributed by atoms with van der Waals surface area (Å²) >= 11 is 6.35. The Morgan fingerprint density at radius 1 is 1.18 bits per heavy atom. The molecule has 3 aromatic rings. The molecule has 4 rings (SSSR count). The summed E-state index contributed by atoms with van der Waals surface area (Å²) in [6.45, 7) is 13.6. The minimum atomic E-state index is -0.276. The van der Waals surface area contributed by atoms with Crippen LogP contribution in [0.2, 0.25) is 5.15 Å². The van der Waals surface area contributed by atoms with E-state index in [-0.39, 0.29) is 40.3 Å². The molecular formula is C27H37ClN7O4+. The van der Waals surface area contributed by atoms with Crippen molar-refractivity contribution in [3.8, 4) is 5.75 Å². The van der Waals surface area contributed by atoms with Gasteiger partial charge < -0.3 is 25.0 Å². The number of halogens is 1. The van der Waals surface area contributed by atoms with Crippen LogP contribution in [0.25, 0.3) is 5.65 Å².